The highest BCUT2D eigenvalue weighted by atomic mass is 32.2. The lowest BCUT2D eigenvalue weighted by molar-refractivity contribution is 0.156. The van der Waals surface area contributed by atoms with Gasteiger partial charge in [0.05, 0.1) is 5.75 Å². The molecule has 1 fully saturated rings. The SMILES string of the molecule is CC(C)(C)C1CCC(CS(=O)(=O)O)CC1. The number of hydrogen-bond acceptors (Lipinski definition) is 2. The van der Waals surface area contributed by atoms with E-state index in [4.69, 9.17) is 4.55 Å². The minimum absolute atomic E-state index is 0.0517. The van der Waals surface area contributed by atoms with Gasteiger partial charge in [0.25, 0.3) is 10.1 Å². The van der Waals surface area contributed by atoms with Crippen LogP contribution in [0.3, 0.4) is 0 Å². The van der Waals surface area contributed by atoms with E-state index >= 15 is 0 Å². The Kier molecular flexibility index (Phi) is 3.82. The highest BCUT2D eigenvalue weighted by molar-refractivity contribution is 7.85. The van der Waals surface area contributed by atoms with Crippen molar-refractivity contribution in [3.8, 4) is 0 Å². The number of rotatable bonds is 2. The summed E-state index contributed by atoms with van der Waals surface area (Å²) in [6.45, 7) is 6.71. The van der Waals surface area contributed by atoms with Gasteiger partial charge in [-0.2, -0.15) is 8.42 Å². The highest BCUT2D eigenvalue weighted by Crippen LogP contribution is 2.39. The van der Waals surface area contributed by atoms with Crippen LogP contribution in [0.15, 0.2) is 0 Å². The average molecular weight is 234 g/mol. The minimum atomic E-state index is -3.78. The Balaban J connectivity index is 2.43. The van der Waals surface area contributed by atoms with E-state index in [0.29, 0.717) is 11.3 Å². The Bertz CT molecular complexity index is 292. The maximum Gasteiger partial charge on any atom is 0.265 e. The molecule has 4 heteroatoms. The number of hydrogen-bond donors (Lipinski definition) is 1. The van der Waals surface area contributed by atoms with Crippen LogP contribution in [0.1, 0.15) is 46.5 Å². The lowest BCUT2D eigenvalue weighted by Crippen LogP contribution is -2.28. The van der Waals surface area contributed by atoms with Crippen LogP contribution in [0.25, 0.3) is 0 Å². The summed E-state index contributed by atoms with van der Waals surface area (Å²) >= 11 is 0. The molecule has 0 unspecified atom stereocenters. The minimum Gasteiger partial charge on any atom is -0.286 e. The fourth-order valence-electron chi connectivity index (χ4n) is 2.49. The predicted molar refractivity (Wildman–Crippen MR) is 61.3 cm³/mol. The predicted octanol–water partition coefficient (Wildman–Crippen LogP) is 2.73. The first-order valence-electron chi connectivity index (χ1n) is 5.63. The molecule has 0 aliphatic heterocycles. The molecular formula is C11H22O3S. The maximum absolute atomic E-state index is 10.7. The molecule has 90 valence electrons. The van der Waals surface area contributed by atoms with Gasteiger partial charge in [-0.3, -0.25) is 4.55 Å². The Morgan fingerprint density at radius 1 is 1.13 bits per heavy atom. The van der Waals surface area contributed by atoms with Crippen LogP contribution in [0.4, 0.5) is 0 Å². The molecule has 0 amide bonds. The molecule has 0 saturated heterocycles. The van der Waals surface area contributed by atoms with E-state index in [1.54, 1.807) is 0 Å². The fourth-order valence-corrected chi connectivity index (χ4v) is 3.42. The third-order valence-corrected chi connectivity index (χ3v) is 4.41. The standard InChI is InChI=1S/C11H22O3S/c1-11(2,3)10-6-4-9(5-7-10)8-15(12,13)14/h9-10H,4-8H2,1-3H3,(H,12,13,14). The molecule has 3 nitrogen and oxygen atoms in total. The molecule has 0 heterocycles. The van der Waals surface area contributed by atoms with Crippen molar-refractivity contribution >= 4 is 10.1 Å². The Labute approximate surface area is 93.0 Å². The summed E-state index contributed by atoms with van der Waals surface area (Å²) in [4.78, 5) is 0. The third-order valence-electron chi connectivity index (χ3n) is 3.52. The van der Waals surface area contributed by atoms with Gasteiger partial charge in [-0.05, 0) is 42.9 Å². The van der Waals surface area contributed by atoms with Crippen molar-refractivity contribution in [3.63, 3.8) is 0 Å². The molecule has 1 aliphatic carbocycles. The molecule has 15 heavy (non-hydrogen) atoms. The van der Waals surface area contributed by atoms with Crippen molar-refractivity contribution in [2.45, 2.75) is 46.5 Å². The molecule has 1 aliphatic rings. The molecule has 0 spiro atoms. The molecule has 0 aromatic heterocycles. The highest BCUT2D eigenvalue weighted by Gasteiger charge is 2.30. The van der Waals surface area contributed by atoms with Crippen molar-refractivity contribution in [2.75, 3.05) is 5.75 Å². The van der Waals surface area contributed by atoms with E-state index < -0.39 is 10.1 Å². The van der Waals surface area contributed by atoms with Crippen LogP contribution >= 0.6 is 0 Å². The largest absolute Gasteiger partial charge is 0.286 e. The van der Waals surface area contributed by atoms with Crippen LogP contribution in [0, 0.1) is 17.3 Å². The van der Waals surface area contributed by atoms with Gasteiger partial charge in [0.2, 0.25) is 0 Å². The monoisotopic (exact) mass is 234 g/mol. The Hall–Kier alpha value is -0.0900. The van der Waals surface area contributed by atoms with Gasteiger partial charge in [0.15, 0.2) is 0 Å². The molecule has 1 N–H and O–H groups in total. The summed E-state index contributed by atoms with van der Waals surface area (Å²) in [6.07, 6.45) is 4.04. The molecule has 1 saturated carbocycles. The lowest BCUT2D eigenvalue weighted by Gasteiger charge is -2.36. The maximum atomic E-state index is 10.7. The first kappa shape index (κ1) is 13.0. The van der Waals surface area contributed by atoms with E-state index in [1.165, 1.54) is 0 Å². The van der Waals surface area contributed by atoms with E-state index in [0.717, 1.165) is 25.7 Å². The summed E-state index contributed by atoms with van der Waals surface area (Å²) in [5, 5.41) is 0. The second-order valence-electron chi connectivity index (χ2n) is 5.83. The van der Waals surface area contributed by atoms with Crippen LogP contribution in [0.5, 0.6) is 0 Å². The molecule has 0 atom stereocenters. The quantitative estimate of drug-likeness (QED) is 0.747. The van der Waals surface area contributed by atoms with Gasteiger partial charge < -0.3 is 0 Å². The van der Waals surface area contributed by atoms with E-state index in [2.05, 4.69) is 20.8 Å². The van der Waals surface area contributed by atoms with Crippen molar-refractivity contribution < 1.29 is 13.0 Å². The third kappa shape index (κ3) is 4.51. The summed E-state index contributed by atoms with van der Waals surface area (Å²) in [6, 6.07) is 0. The molecule has 0 radical (unpaired) electrons. The van der Waals surface area contributed by atoms with Gasteiger partial charge in [0, 0.05) is 0 Å². The van der Waals surface area contributed by atoms with Gasteiger partial charge in [-0.1, -0.05) is 20.8 Å². The van der Waals surface area contributed by atoms with Crippen LogP contribution < -0.4 is 0 Å². The van der Waals surface area contributed by atoms with E-state index in [9.17, 15) is 8.42 Å². The lowest BCUT2D eigenvalue weighted by atomic mass is 9.70. The van der Waals surface area contributed by atoms with Crippen molar-refractivity contribution in [1.82, 2.24) is 0 Å². The van der Waals surface area contributed by atoms with Gasteiger partial charge in [-0.25, -0.2) is 0 Å². The summed E-state index contributed by atoms with van der Waals surface area (Å²) < 4.78 is 30.2. The average Bonchev–Trinajstić information content (AvgIpc) is 2.00. The van der Waals surface area contributed by atoms with E-state index in [-0.39, 0.29) is 11.7 Å². The summed E-state index contributed by atoms with van der Waals surface area (Å²) in [5.41, 5.74) is 0.322. The first-order chi connectivity index (χ1) is 6.68. The van der Waals surface area contributed by atoms with Crippen LogP contribution in [-0.2, 0) is 10.1 Å². The summed E-state index contributed by atoms with van der Waals surface area (Å²) in [7, 11) is -3.78. The molecule has 1 rings (SSSR count). The van der Waals surface area contributed by atoms with Gasteiger partial charge >= 0.3 is 0 Å². The van der Waals surface area contributed by atoms with Crippen molar-refractivity contribution in [3.05, 3.63) is 0 Å². The Morgan fingerprint density at radius 2 is 1.60 bits per heavy atom. The second kappa shape index (κ2) is 4.42. The zero-order valence-corrected chi connectivity index (χ0v) is 10.7. The normalized spacial score (nSPS) is 29.1. The summed E-state index contributed by atoms with van der Waals surface area (Å²) in [5.74, 6) is 0.804. The molecule has 0 bridgehead atoms. The first-order valence-corrected chi connectivity index (χ1v) is 7.24. The van der Waals surface area contributed by atoms with Crippen LogP contribution in [-0.4, -0.2) is 18.7 Å². The molecular weight excluding hydrogens is 212 g/mol. The van der Waals surface area contributed by atoms with Gasteiger partial charge in [-0.15, -0.1) is 0 Å². The molecule has 0 aromatic carbocycles. The zero-order chi connectivity index (χ0) is 11.7. The topological polar surface area (TPSA) is 54.4 Å². The van der Waals surface area contributed by atoms with Gasteiger partial charge in [0.1, 0.15) is 0 Å². The smallest absolute Gasteiger partial charge is 0.265 e. The van der Waals surface area contributed by atoms with Crippen molar-refractivity contribution in [1.29, 1.82) is 0 Å². The second-order valence-corrected chi connectivity index (χ2v) is 7.33. The van der Waals surface area contributed by atoms with Crippen molar-refractivity contribution in [2.24, 2.45) is 17.3 Å². The van der Waals surface area contributed by atoms with E-state index in [1.807, 2.05) is 0 Å². The Morgan fingerprint density at radius 3 is 1.93 bits per heavy atom. The van der Waals surface area contributed by atoms with Crippen LogP contribution in [0.2, 0.25) is 0 Å². The zero-order valence-electron chi connectivity index (χ0n) is 9.86. The fraction of sp³-hybridized carbons (Fsp3) is 1.00. The molecule has 0 aromatic rings.